The van der Waals surface area contributed by atoms with Gasteiger partial charge < -0.3 is 19.6 Å². The zero-order valence-corrected chi connectivity index (χ0v) is 13.4. The Hall–Kier alpha value is -1.30. The summed E-state index contributed by atoms with van der Waals surface area (Å²) in [6.45, 7) is 5.49. The number of carboxylic acids is 1. The number of hydrogen-bond donors (Lipinski definition) is 1. The monoisotopic (exact) mass is 300 g/mol. The summed E-state index contributed by atoms with van der Waals surface area (Å²) in [7, 11) is 1.62. The smallest absolute Gasteiger partial charge is 0.320 e. The number of ether oxygens (including phenoxy) is 1. The number of urea groups is 1. The Balaban J connectivity index is 2.75. The second-order valence-electron chi connectivity index (χ2n) is 5.51. The number of nitrogens with zero attached hydrogens (tertiary/aromatic N) is 2. The van der Waals surface area contributed by atoms with Crippen LogP contribution in [0.2, 0.25) is 0 Å². The fraction of sp³-hybridized carbons (Fsp3) is 0.867. The van der Waals surface area contributed by atoms with Crippen molar-refractivity contribution in [2.24, 2.45) is 0 Å². The van der Waals surface area contributed by atoms with Gasteiger partial charge in [0, 0.05) is 32.3 Å². The average molecular weight is 300 g/mol. The van der Waals surface area contributed by atoms with Gasteiger partial charge in [-0.05, 0) is 25.7 Å². The number of aliphatic carboxylic acids is 1. The highest BCUT2D eigenvalue weighted by Crippen LogP contribution is 2.28. The maximum Gasteiger partial charge on any atom is 0.320 e. The van der Waals surface area contributed by atoms with Crippen molar-refractivity contribution in [1.29, 1.82) is 0 Å². The summed E-state index contributed by atoms with van der Waals surface area (Å²) in [6.07, 6.45) is 3.74. The predicted octanol–water partition coefficient (Wildman–Crippen LogP) is 2.18. The minimum Gasteiger partial charge on any atom is -0.481 e. The molecule has 1 fully saturated rings. The number of carbonyl (C=O) groups excluding carboxylic acids is 1. The zero-order valence-electron chi connectivity index (χ0n) is 13.4. The lowest BCUT2D eigenvalue weighted by Gasteiger charge is -2.35. The molecule has 0 aliphatic heterocycles. The number of carbonyl (C=O) groups is 2. The topological polar surface area (TPSA) is 70.1 Å². The highest BCUT2D eigenvalue weighted by atomic mass is 16.5. The maximum atomic E-state index is 12.8. The summed E-state index contributed by atoms with van der Waals surface area (Å²) in [6, 6.07) is 0.361. The molecule has 122 valence electrons. The Morgan fingerprint density at radius 1 is 1.24 bits per heavy atom. The van der Waals surface area contributed by atoms with Crippen LogP contribution >= 0.6 is 0 Å². The van der Waals surface area contributed by atoms with Crippen molar-refractivity contribution in [3.8, 4) is 0 Å². The number of methoxy groups -OCH3 is 1. The van der Waals surface area contributed by atoms with Crippen LogP contribution in [-0.2, 0) is 9.53 Å². The standard InChI is InChI=1S/C15H28N2O4/c1-4-12(5-2)17(10-11-21-3)15(20)16(13-6-7-13)9-8-14(18)19/h12-13H,4-11H2,1-3H3,(H,18,19). The van der Waals surface area contributed by atoms with Crippen molar-refractivity contribution in [1.82, 2.24) is 9.80 Å². The minimum atomic E-state index is -0.862. The number of hydrogen-bond acceptors (Lipinski definition) is 3. The van der Waals surface area contributed by atoms with Crippen LogP contribution in [0.1, 0.15) is 46.0 Å². The molecular formula is C15H28N2O4. The van der Waals surface area contributed by atoms with Crippen molar-refractivity contribution in [3.63, 3.8) is 0 Å². The average Bonchev–Trinajstić information content (AvgIpc) is 3.27. The molecule has 1 aliphatic rings. The van der Waals surface area contributed by atoms with Crippen LogP contribution in [0.15, 0.2) is 0 Å². The van der Waals surface area contributed by atoms with Gasteiger partial charge in [0.15, 0.2) is 0 Å². The summed E-state index contributed by atoms with van der Waals surface area (Å²) in [5, 5.41) is 8.86. The molecule has 0 saturated heterocycles. The Morgan fingerprint density at radius 2 is 1.86 bits per heavy atom. The van der Waals surface area contributed by atoms with Crippen molar-refractivity contribution >= 4 is 12.0 Å². The summed E-state index contributed by atoms with van der Waals surface area (Å²) >= 11 is 0. The Morgan fingerprint density at radius 3 is 2.29 bits per heavy atom. The van der Waals surface area contributed by atoms with Crippen molar-refractivity contribution in [2.45, 2.75) is 58.0 Å². The zero-order chi connectivity index (χ0) is 15.8. The molecule has 6 heteroatoms. The molecule has 0 heterocycles. The van der Waals surface area contributed by atoms with Crippen molar-refractivity contribution < 1.29 is 19.4 Å². The molecule has 0 aromatic carbocycles. The van der Waals surface area contributed by atoms with Crippen LogP contribution in [0.25, 0.3) is 0 Å². The third kappa shape index (κ3) is 5.53. The molecule has 0 unspecified atom stereocenters. The van der Waals surface area contributed by atoms with Gasteiger partial charge in [-0.3, -0.25) is 4.79 Å². The molecule has 21 heavy (non-hydrogen) atoms. The summed E-state index contributed by atoms with van der Waals surface area (Å²) in [5.74, 6) is -0.862. The lowest BCUT2D eigenvalue weighted by Crippen LogP contribution is -2.50. The van der Waals surface area contributed by atoms with Gasteiger partial charge in [-0.1, -0.05) is 13.8 Å². The van der Waals surface area contributed by atoms with E-state index in [0.29, 0.717) is 19.7 Å². The summed E-state index contributed by atoms with van der Waals surface area (Å²) in [5.41, 5.74) is 0. The molecule has 6 nitrogen and oxygen atoms in total. The Bertz CT molecular complexity index is 341. The van der Waals surface area contributed by atoms with Gasteiger partial charge >= 0.3 is 12.0 Å². The van der Waals surface area contributed by atoms with Crippen LogP contribution < -0.4 is 0 Å². The van der Waals surface area contributed by atoms with E-state index in [-0.39, 0.29) is 24.5 Å². The number of rotatable bonds is 10. The molecule has 1 rings (SSSR count). The van der Waals surface area contributed by atoms with E-state index in [9.17, 15) is 9.59 Å². The van der Waals surface area contributed by atoms with E-state index in [0.717, 1.165) is 25.7 Å². The van der Waals surface area contributed by atoms with Crippen molar-refractivity contribution in [3.05, 3.63) is 0 Å². The van der Waals surface area contributed by atoms with E-state index >= 15 is 0 Å². The fourth-order valence-corrected chi connectivity index (χ4v) is 2.56. The third-order valence-corrected chi connectivity index (χ3v) is 3.97. The lowest BCUT2D eigenvalue weighted by molar-refractivity contribution is -0.137. The van der Waals surface area contributed by atoms with E-state index in [2.05, 4.69) is 13.8 Å². The largest absolute Gasteiger partial charge is 0.481 e. The summed E-state index contributed by atoms with van der Waals surface area (Å²) < 4.78 is 5.11. The molecule has 0 radical (unpaired) electrons. The first-order chi connectivity index (χ1) is 10.0. The molecule has 0 aromatic heterocycles. The van der Waals surface area contributed by atoms with Gasteiger partial charge in [0.1, 0.15) is 0 Å². The Kier molecular flexibility index (Phi) is 7.50. The first kappa shape index (κ1) is 17.8. The Labute approximate surface area is 127 Å². The normalized spacial score (nSPS) is 14.3. The number of carboxylic acid groups (broad SMARTS) is 1. The van der Waals surface area contributed by atoms with E-state index < -0.39 is 5.97 Å². The molecule has 1 saturated carbocycles. The first-order valence-electron chi connectivity index (χ1n) is 7.83. The summed E-state index contributed by atoms with van der Waals surface area (Å²) in [4.78, 5) is 27.2. The van der Waals surface area contributed by atoms with Crippen LogP contribution in [0.4, 0.5) is 4.79 Å². The third-order valence-electron chi connectivity index (χ3n) is 3.97. The van der Waals surface area contributed by atoms with Crippen LogP contribution in [0, 0.1) is 0 Å². The molecule has 0 spiro atoms. The van der Waals surface area contributed by atoms with Gasteiger partial charge in [0.05, 0.1) is 13.0 Å². The van der Waals surface area contributed by atoms with Crippen LogP contribution in [0.5, 0.6) is 0 Å². The second-order valence-corrected chi connectivity index (χ2v) is 5.51. The highest BCUT2D eigenvalue weighted by Gasteiger charge is 2.36. The van der Waals surface area contributed by atoms with E-state index in [4.69, 9.17) is 9.84 Å². The van der Waals surface area contributed by atoms with E-state index in [1.165, 1.54) is 0 Å². The predicted molar refractivity (Wildman–Crippen MR) is 80.3 cm³/mol. The molecular weight excluding hydrogens is 272 g/mol. The highest BCUT2D eigenvalue weighted by molar-refractivity contribution is 5.76. The molecule has 0 atom stereocenters. The molecule has 1 aliphatic carbocycles. The SMILES string of the molecule is CCC(CC)N(CCOC)C(=O)N(CCC(=O)O)C1CC1. The molecule has 0 aromatic rings. The van der Waals surface area contributed by atoms with Gasteiger partial charge in [-0.25, -0.2) is 4.79 Å². The van der Waals surface area contributed by atoms with Crippen molar-refractivity contribution in [2.75, 3.05) is 26.8 Å². The van der Waals surface area contributed by atoms with Crippen LogP contribution in [-0.4, -0.2) is 65.8 Å². The van der Waals surface area contributed by atoms with E-state index in [1.54, 1.807) is 12.0 Å². The maximum absolute atomic E-state index is 12.8. The quantitative estimate of drug-likeness (QED) is 0.671. The first-order valence-corrected chi connectivity index (χ1v) is 7.83. The van der Waals surface area contributed by atoms with Gasteiger partial charge in [0.25, 0.3) is 0 Å². The molecule has 2 amide bonds. The van der Waals surface area contributed by atoms with Gasteiger partial charge in [-0.2, -0.15) is 0 Å². The second kappa shape index (κ2) is 8.87. The number of amides is 2. The molecule has 1 N–H and O–H groups in total. The minimum absolute atomic E-state index is 0.00325. The van der Waals surface area contributed by atoms with E-state index in [1.807, 2.05) is 4.90 Å². The lowest BCUT2D eigenvalue weighted by atomic mass is 10.1. The fourth-order valence-electron chi connectivity index (χ4n) is 2.56. The van der Waals surface area contributed by atoms with Crippen LogP contribution in [0.3, 0.4) is 0 Å². The molecule has 0 bridgehead atoms. The van der Waals surface area contributed by atoms with Gasteiger partial charge in [0.2, 0.25) is 0 Å². The van der Waals surface area contributed by atoms with Gasteiger partial charge in [-0.15, -0.1) is 0 Å².